The molecular weight excluding hydrogens is 326 g/mol. The van der Waals surface area contributed by atoms with Crippen LogP contribution < -0.4 is 5.73 Å². The summed E-state index contributed by atoms with van der Waals surface area (Å²) in [5.74, 6) is -0.0544. The Labute approximate surface area is 150 Å². The molecule has 1 aliphatic rings. The fourth-order valence-electron chi connectivity index (χ4n) is 3.05. The van der Waals surface area contributed by atoms with Crippen molar-refractivity contribution >= 4 is 24.2 Å². The van der Waals surface area contributed by atoms with E-state index in [0.717, 1.165) is 12.8 Å². The first-order chi connectivity index (χ1) is 10.9. The minimum absolute atomic E-state index is 0. The van der Waals surface area contributed by atoms with Crippen molar-refractivity contribution in [3.8, 4) is 0 Å². The van der Waals surface area contributed by atoms with Crippen LogP contribution in [0.25, 0.3) is 0 Å². The van der Waals surface area contributed by atoms with E-state index in [0.29, 0.717) is 25.2 Å². The molecule has 0 spiro atoms. The average molecular weight is 354 g/mol. The van der Waals surface area contributed by atoms with Crippen LogP contribution >= 0.6 is 12.4 Å². The van der Waals surface area contributed by atoms with Crippen molar-refractivity contribution in [2.45, 2.75) is 32.7 Å². The maximum atomic E-state index is 12.8. The number of hydrogen-bond acceptors (Lipinski definition) is 3. The van der Waals surface area contributed by atoms with Crippen molar-refractivity contribution in [2.75, 3.05) is 26.7 Å². The van der Waals surface area contributed by atoms with E-state index in [1.807, 2.05) is 32.0 Å². The van der Waals surface area contributed by atoms with Crippen LogP contribution in [0.15, 0.2) is 30.3 Å². The minimum atomic E-state index is -0.360. The summed E-state index contributed by atoms with van der Waals surface area (Å²) in [4.78, 5) is 28.9. The highest BCUT2D eigenvalue weighted by molar-refractivity contribution is 5.97. The van der Waals surface area contributed by atoms with Crippen LogP contribution in [0, 0.1) is 5.41 Å². The van der Waals surface area contributed by atoms with E-state index in [2.05, 4.69) is 0 Å². The molecule has 1 aromatic rings. The zero-order valence-electron chi connectivity index (χ0n) is 14.7. The second kappa shape index (κ2) is 8.49. The van der Waals surface area contributed by atoms with E-state index in [-0.39, 0.29) is 35.7 Å². The highest BCUT2D eigenvalue weighted by Crippen LogP contribution is 2.23. The summed E-state index contributed by atoms with van der Waals surface area (Å²) >= 11 is 0. The lowest BCUT2D eigenvalue weighted by Gasteiger charge is -2.33. The molecule has 1 aromatic carbocycles. The SMILES string of the molecule is CN(CC(C)(C)CN)C(=O)C1CCCN1C(=O)c1ccccc1.Cl. The van der Waals surface area contributed by atoms with Gasteiger partial charge in [0.15, 0.2) is 0 Å². The van der Waals surface area contributed by atoms with Gasteiger partial charge in [-0.05, 0) is 36.9 Å². The smallest absolute Gasteiger partial charge is 0.254 e. The number of benzene rings is 1. The fraction of sp³-hybridized carbons (Fsp3) is 0.556. The van der Waals surface area contributed by atoms with Gasteiger partial charge in [0.1, 0.15) is 6.04 Å². The second-order valence-electron chi connectivity index (χ2n) is 7.09. The number of nitrogens with zero attached hydrogens (tertiary/aromatic N) is 2. The molecule has 2 amide bonds. The van der Waals surface area contributed by atoms with Gasteiger partial charge in [0, 0.05) is 25.7 Å². The number of carbonyl (C=O) groups excluding carboxylic acids is 2. The van der Waals surface area contributed by atoms with Crippen LogP contribution in [-0.2, 0) is 4.79 Å². The molecule has 134 valence electrons. The van der Waals surface area contributed by atoms with E-state index in [4.69, 9.17) is 5.73 Å². The lowest BCUT2D eigenvalue weighted by molar-refractivity contribution is -0.135. The van der Waals surface area contributed by atoms with Gasteiger partial charge in [0.05, 0.1) is 0 Å². The van der Waals surface area contributed by atoms with Crippen LogP contribution in [0.1, 0.15) is 37.0 Å². The number of halogens is 1. The van der Waals surface area contributed by atoms with E-state index >= 15 is 0 Å². The van der Waals surface area contributed by atoms with Gasteiger partial charge in [0.2, 0.25) is 5.91 Å². The molecule has 1 fully saturated rings. The van der Waals surface area contributed by atoms with Crippen LogP contribution in [0.4, 0.5) is 0 Å². The predicted molar refractivity (Wildman–Crippen MR) is 98.2 cm³/mol. The van der Waals surface area contributed by atoms with E-state index in [9.17, 15) is 9.59 Å². The van der Waals surface area contributed by atoms with Crippen LogP contribution in [0.3, 0.4) is 0 Å². The molecule has 0 bridgehead atoms. The molecule has 1 atom stereocenters. The zero-order valence-corrected chi connectivity index (χ0v) is 15.5. The lowest BCUT2D eigenvalue weighted by Crippen LogP contribution is -2.49. The van der Waals surface area contributed by atoms with Gasteiger partial charge in [-0.2, -0.15) is 0 Å². The van der Waals surface area contributed by atoms with E-state index in [1.54, 1.807) is 29.0 Å². The molecule has 1 saturated heterocycles. The Kier molecular flexibility index (Phi) is 7.24. The summed E-state index contributed by atoms with van der Waals surface area (Å²) in [7, 11) is 1.79. The molecule has 24 heavy (non-hydrogen) atoms. The first kappa shape index (κ1) is 20.5. The maximum Gasteiger partial charge on any atom is 0.254 e. The number of likely N-dealkylation sites (tertiary alicyclic amines) is 1. The van der Waals surface area contributed by atoms with Gasteiger partial charge in [0.25, 0.3) is 5.91 Å². The Balaban J connectivity index is 0.00000288. The maximum absolute atomic E-state index is 12.8. The van der Waals surface area contributed by atoms with Gasteiger partial charge in [-0.1, -0.05) is 32.0 Å². The summed E-state index contributed by atoms with van der Waals surface area (Å²) in [5.41, 5.74) is 6.27. The molecule has 1 heterocycles. The summed E-state index contributed by atoms with van der Waals surface area (Å²) < 4.78 is 0. The molecule has 0 saturated carbocycles. The molecule has 0 aliphatic carbocycles. The van der Waals surface area contributed by atoms with Gasteiger partial charge >= 0.3 is 0 Å². The van der Waals surface area contributed by atoms with Crippen molar-refractivity contribution < 1.29 is 9.59 Å². The van der Waals surface area contributed by atoms with Gasteiger partial charge in [-0.15, -0.1) is 12.4 Å². The Morgan fingerprint density at radius 3 is 2.50 bits per heavy atom. The monoisotopic (exact) mass is 353 g/mol. The van der Waals surface area contributed by atoms with Crippen molar-refractivity contribution in [1.29, 1.82) is 0 Å². The highest BCUT2D eigenvalue weighted by atomic mass is 35.5. The third-order valence-electron chi connectivity index (χ3n) is 4.41. The van der Waals surface area contributed by atoms with Crippen molar-refractivity contribution in [2.24, 2.45) is 11.1 Å². The van der Waals surface area contributed by atoms with Crippen molar-refractivity contribution in [3.05, 3.63) is 35.9 Å². The second-order valence-corrected chi connectivity index (χ2v) is 7.09. The van der Waals surface area contributed by atoms with Gasteiger partial charge in [-0.25, -0.2) is 0 Å². The largest absolute Gasteiger partial charge is 0.343 e. The number of hydrogen-bond donors (Lipinski definition) is 1. The number of carbonyl (C=O) groups is 2. The van der Waals surface area contributed by atoms with Gasteiger partial charge in [-0.3, -0.25) is 9.59 Å². The number of amides is 2. The quantitative estimate of drug-likeness (QED) is 0.882. The summed E-state index contributed by atoms with van der Waals surface area (Å²) in [6, 6.07) is 8.80. The molecule has 0 aromatic heterocycles. The molecule has 0 radical (unpaired) electrons. The molecule has 6 heteroatoms. The zero-order chi connectivity index (χ0) is 17.0. The summed E-state index contributed by atoms with van der Waals surface area (Å²) in [6.45, 7) is 5.82. The van der Waals surface area contributed by atoms with Gasteiger partial charge < -0.3 is 15.5 Å². The normalized spacial score (nSPS) is 17.3. The summed E-state index contributed by atoms with van der Waals surface area (Å²) in [5, 5.41) is 0. The molecule has 5 nitrogen and oxygen atoms in total. The molecule has 2 rings (SSSR count). The van der Waals surface area contributed by atoms with Crippen molar-refractivity contribution in [1.82, 2.24) is 9.80 Å². The van der Waals surface area contributed by atoms with Crippen LogP contribution in [-0.4, -0.2) is 54.3 Å². The Hall–Kier alpha value is -1.59. The Bertz CT molecular complexity index is 563. The Morgan fingerprint density at radius 2 is 1.92 bits per heavy atom. The van der Waals surface area contributed by atoms with Crippen molar-refractivity contribution in [3.63, 3.8) is 0 Å². The minimum Gasteiger partial charge on any atom is -0.343 e. The topological polar surface area (TPSA) is 66.6 Å². The summed E-state index contributed by atoms with van der Waals surface area (Å²) in [6.07, 6.45) is 1.59. The Morgan fingerprint density at radius 1 is 1.29 bits per heavy atom. The molecule has 1 unspecified atom stereocenters. The van der Waals surface area contributed by atoms with E-state index < -0.39 is 0 Å². The number of nitrogens with two attached hydrogens (primary N) is 1. The average Bonchev–Trinajstić information content (AvgIpc) is 3.03. The number of likely N-dealkylation sites (N-methyl/N-ethyl adjacent to an activating group) is 1. The predicted octanol–water partition coefficient (Wildman–Crippen LogP) is 2.16. The van der Waals surface area contributed by atoms with E-state index in [1.165, 1.54) is 0 Å². The molecular formula is C18H28ClN3O2. The van der Waals surface area contributed by atoms with Crippen LogP contribution in [0.5, 0.6) is 0 Å². The molecule has 2 N–H and O–H groups in total. The third-order valence-corrected chi connectivity index (χ3v) is 4.41. The number of rotatable bonds is 5. The molecule has 1 aliphatic heterocycles. The van der Waals surface area contributed by atoms with Crippen LogP contribution in [0.2, 0.25) is 0 Å². The third kappa shape index (κ3) is 4.71. The standard InChI is InChI=1S/C18H27N3O2.ClH/c1-18(2,12-19)13-20(3)17(23)15-10-7-11-21(15)16(22)14-8-5-4-6-9-14;/h4-6,8-9,15H,7,10-13,19H2,1-3H3;1H. The fourth-order valence-corrected chi connectivity index (χ4v) is 3.05. The lowest BCUT2D eigenvalue weighted by atomic mass is 9.93. The highest BCUT2D eigenvalue weighted by Gasteiger charge is 2.36. The first-order valence-electron chi connectivity index (χ1n) is 8.17. The first-order valence-corrected chi connectivity index (χ1v) is 8.17.